The number of ketones is 1. The first kappa shape index (κ1) is 21.6. The van der Waals surface area contributed by atoms with Crippen molar-refractivity contribution in [3.8, 4) is 0 Å². The topological polar surface area (TPSA) is 107 Å². The minimum absolute atomic E-state index is 0.0108. The lowest BCUT2D eigenvalue weighted by Crippen LogP contribution is -2.24. The Morgan fingerprint density at radius 3 is 2.21 bits per heavy atom. The standard InChI is InChI=1S/C19H18ClNO6S/c1-11(18(23)13-4-6-14(7-5-13)21-12(2)22)27-19(24)16-10-15(28(3,25)26)8-9-17(16)20/h4-11H,1-3H3,(H,21,22)/t11-/m1/s1. The number of benzene rings is 2. The van der Waals surface area contributed by atoms with Crippen LogP contribution >= 0.6 is 11.6 Å². The van der Waals surface area contributed by atoms with Gasteiger partial charge in [0.2, 0.25) is 11.7 Å². The Kier molecular flexibility index (Phi) is 6.58. The molecule has 0 saturated heterocycles. The molecule has 0 heterocycles. The van der Waals surface area contributed by atoms with Crippen molar-refractivity contribution in [3.05, 3.63) is 58.6 Å². The number of Topliss-reactive ketones (excluding diaryl/α,β-unsaturated/α-hetero) is 1. The second kappa shape index (κ2) is 8.53. The number of rotatable bonds is 6. The molecule has 1 N–H and O–H groups in total. The van der Waals surface area contributed by atoms with Gasteiger partial charge in [-0.2, -0.15) is 0 Å². The van der Waals surface area contributed by atoms with Gasteiger partial charge in [0, 0.05) is 24.4 Å². The molecule has 0 aliphatic heterocycles. The summed E-state index contributed by atoms with van der Waals surface area (Å²) in [5, 5.41) is 2.59. The summed E-state index contributed by atoms with van der Waals surface area (Å²) in [6.45, 7) is 2.76. The maximum Gasteiger partial charge on any atom is 0.340 e. The number of sulfone groups is 1. The molecule has 0 bridgehead atoms. The fraction of sp³-hybridized carbons (Fsp3) is 0.211. The highest BCUT2D eigenvalue weighted by Gasteiger charge is 2.23. The second-order valence-corrected chi connectivity index (χ2v) is 8.51. The molecule has 0 fully saturated rings. The summed E-state index contributed by atoms with van der Waals surface area (Å²) in [5.74, 6) is -1.61. The Hall–Kier alpha value is -2.71. The van der Waals surface area contributed by atoms with Crippen molar-refractivity contribution >= 4 is 44.8 Å². The fourth-order valence-electron chi connectivity index (χ4n) is 2.32. The van der Waals surface area contributed by atoms with Gasteiger partial charge in [-0.1, -0.05) is 11.6 Å². The van der Waals surface area contributed by atoms with E-state index in [1.54, 1.807) is 12.1 Å². The van der Waals surface area contributed by atoms with Gasteiger partial charge < -0.3 is 10.1 Å². The Morgan fingerprint density at radius 2 is 1.68 bits per heavy atom. The average molecular weight is 424 g/mol. The van der Waals surface area contributed by atoms with Crippen LogP contribution in [0.15, 0.2) is 47.4 Å². The van der Waals surface area contributed by atoms with Gasteiger partial charge in [-0.3, -0.25) is 9.59 Å². The minimum atomic E-state index is -3.54. The number of carbonyl (C=O) groups is 3. The van der Waals surface area contributed by atoms with E-state index in [1.165, 1.54) is 38.1 Å². The highest BCUT2D eigenvalue weighted by Crippen LogP contribution is 2.22. The zero-order valence-electron chi connectivity index (χ0n) is 15.4. The predicted octanol–water partition coefficient (Wildman–Crippen LogP) is 3.13. The molecule has 0 aliphatic carbocycles. The molecule has 0 aliphatic rings. The van der Waals surface area contributed by atoms with E-state index >= 15 is 0 Å². The smallest absolute Gasteiger partial charge is 0.340 e. The van der Waals surface area contributed by atoms with Gasteiger partial charge in [-0.15, -0.1) is 0 Å². The van der Waals surface area contributed by atoms with E-state index in [0.29, 0.717) is 5.69 Å². The van der Waals surface area contributed by atoms with Gasteiger partial charge in [0.05, 0.1) is 15.5 Å². The van der Waals surface area contributed by atoms with Crippen LogP contribution in [0.3, 0.4) is 0 Å². The number of halogens is 1. The van der Waals surface area contributed by atoms with Crippen LogP contribution in [0.2, 0.25) is 5.02 Å². The van der Waals surface area contributed by atoms with E-state index in [9.17, 15) is 22.8 Å². The molecule has 2 rings (SSSR count). The number of hydrogen-bond acceptors (Lipinski definition) is 6. The number of esters is 1. The van der Waals surface area contributed by atoms with Gasteiger partial charge >= 0.3 is 5.97 Å². The van der Waals surface area contributed by atoms with Crippen LogP contribution < -0.4 is 5.32 Å². The first-order valence-corrected chi connectivity index (χ1v) is 10.4. The molecule has 1 atom stereocenters. The van der Waals surface area contributed by atoms with Gasteiger partial charge in [0.15, 0.2) is 15.9 Å². The first-order chi connectivity index (χ1) is 13.0. The van der Waals surface area contributed by atoms with Crippen molar-refractivity contribution in [2.24, 2.45) is 0 Å². The van der Waals surface area contributed by atoms with E-state index in [-0.39, 0.29) is 27.0 Å². The zero-order valence-corrected chi connectivity index (χ0v) is 16.9. The van der Waals surface area contributed by atoms with Crippen LogP contribution in [0.25, 0.3) is 0 Å². The lowest BCUT2D eigenvalue weighted by molar-refractivity contribution is -0.114. The van der Waals surface area contributed by atoms with Crippen molar-refractivity contribution in [2.75, 3.05) is 11.6 Å². The molecule has 1 amide bonds. The summed E-state index contributed by atoms with van der Waals surface area (Å²) in [4.78, 5) is 35.8. The van der Waals surface area contributed by atoms with E-state index in [0.717, 1.165) is 12.3 Å². The Bertz CT molecular complexity index is 1030. The fourth-order valence-corrected chi connectivity index (χ4v) is 3.17. The SMILES string of the molecule is CC(=O)Nc1ccc(C(=O)[C@@H](C)OC(=O)c2cc(S(C)(=O)=O)ccc2Cl)cc1. The number of ether oxygens (including phenoxy) is 1. The van der Waals surface area contributed by atoms with Crippen LogP contribution in [0, 0.1) is 0 Å². The van der Waals surface area contributed by atoms with E-state index < -0.39 is 27.7 Å². The lowest BCUT2D eigenvalue weighted by atomic mass is 10.1. The first-order valence-electron chi connectivity index (χ1n) is 8.11. The molecule has 148 valence electrons. The largest absolute Gasteiger partial charge is 0.451 e. The van der Waals surface area contributed by atoms with Gasteiger partial charge in [-0.25, -0.2) is 13.2 Å². The van der Waals surface area contributed by atoms with E-state index in [2.05, 4.69) is 5.32 Å². The molecular weight excluding hydrogens is 406 g/mol. The van der Waals surface area contributed by atoms with Crippen LogP contribution in [0.1, 0.15) is 34.6 Å². The number of anilines is 1. The third-order valence-corrected chi connectivity index (χ3v) is 5.17. The molecule has 2 aromatic carbocycles. The predicted molar refractivity (Wildman–Crippen MR) is 105 cm³/mol. The summed E-state index contributed by atoms with van der Waals surface area (Å²) in [6, 6.07) is 9.76. The molecule has 0 saturated carbocycles. The lowest BCUT2D eigenvalue weighted by Gasteiger charge is -2.14. The minimum Gasteiger partial charge on any atom is -0.451 e. The maximum absolute atomic E-state index is 12.5. The summed E-state index contributed by atoms with van der Waals surface area (Å²) >= 11 is 5.97. The summed E-state index contributed by atoms with van der Waals surface area (Å²) in [6.07, 6.45) is -0.126. The molecule has 9 heteroatoms. The van der Waals surface area contributed by atoms with Gasteiger partial charge in [0.25, 0.3) is 0 Å². The van der Waals surface area contributed by atoms with Crippen molar-refractivity contribution < 1.29 is 27.5 Å². The molecule has 7 nitrogen and oxygen atoms in total. The summed E-state index contributed by atoms with van der Waals surface area (Å²) < 4.78 is 28.5. The number of hydrogen-bond donors (Lipinski definition) is 1. The molecule has 0 unspecified atom stereocenters. The normalized spacial score (nSPS) is 12.1. The van der Waals surface area contributed by atoms with Crippen molar-refractivity contribution in [1.82, 2.24) is 0 Å². The van der Waals surface area contributed by atoms with Crippen molar-refractivity contribution in [3.63, 3.8) is 0 Å². The highest BCUT2D eigenvalue weighted by molar-refractivity contribution is 7.90. The van der Waals surface area contributed by atoms with Crippen molar-refractivity contribution in [1.29, 1.82) is 0 Å². The van der Waals surface area contributed by atoms with Gasteiger partial charge in [-0.05, 0) is 49.4 Å². The van der Waals surface area contributed by atoms with Crippen LogP contribution in [0.5, 0.6) is 0 Å². The van der Waals surface area contributed by atoms with Crippen LogP contribution in [0.4, 0.5) is 5.69 Å². The molecule has 0 aromatic heterocycles. The van der Waals surface area contributed by atoms with Crippen molar-refractivity contribution in [2.45, 2.75) is 24.8 Å². The molecular formula is C19H18ClNO6S. The summed E-state index contributed by atoms with van der Waals surface area (Å²) in [7, 11) is -3.54. The van der Waals surface area contributed by atoms with Crippen LogP contribution in [-0.4, -0.2) is 38.4 Å². The van der Waals surface area contributed by atoms with E-state index in [4.69, 9.17) is 16.3 Å². The maximum atomic E-state index is 12.5. The third-order valence-electron chi connectivity index (χ3n) is 3.73. The third kappa shape index (κ3) is 5.40. The highest BCUT2D eigenvalue weighted by atomic mass is 35.5. The molecule has 0 radical (unpaired) electrons. The van der Waals surface area contributed by atoms with E-state index in [1.807, 2.05) is 0 Å². The Morgan fingerprint density at radius 1 is 1.07 bits per heavy atom. The zero-order chi connectivity index (χ0) is 21.1. The van der Waals surface area contributed by atoms with Crippen LogP contribution in [-0.2, 0) is 19.4 Å². The number of carbonyl (C=O) groups excluding carboxylic acids is 3. The summed E-state index contributed by atoms with van der Waals surface area (Å²) in [5.41, 5.74) is 0.661. The molecule has 0 spiro atoms. The Balaban J connectivity index is 2.16. The monoisotopic (exact) mass is 423 g/mol. The molecule has 2 aromatic rings. The second-order valence-electron chi connectivity index (χ2n) is 6.08. The molecule has 28 heavy (non-hydrogen) atoms. The number of amides is 1. The number of nitrogens with one attached hydrogen (secondary N) is 1. The quantitative estimate of drug-likeness (QED) is 0.565. The average Bonchev–Trinajstić information content (AvgIpc) is 2.60. The van der Waals surface area contributed by atoms with Gasteiger partial charge in [0.1, 0.15) is 0 Å². The Labute approximate surface area is 167 Å².